The summed E-state index contributed by atoms with van der Waals surface area (Å²) in [5.74, 6) is 1.60. The maximum atomic E-state index is 6.23. The van der Waals surface area contributed by atoms with Gasteiger partial charge in [-0.2, -0.15) is 12.6 Å². The topological polar surface area (TPSA) is 21.3 Å². The lowest BCUT2D eigenvalue weighted by atomic mass is 10.0. The Morgan fingerprint density at radius 3 is 2.69 bits per heavy atom. The highest BCUT2D eigenvalue weighted by molar-refractivity contribution is 7.80. The molecule has 1 N–H and O–H groups in total. The van der Waals surface area contributed by atoms with Crippen LogP contribution in [0.2, 0.25) is 5.02 Å². The van der Waals surface area contributed by atoms with Crippen molar-refractivity contribution < 1.29 is 4.74 Å². The van der Waals surface area contributed by atoms with E-state index in [4.69, 9.17) is 16.3 Å². The Morgan fingerprint density at radius 1 is 1.44 bits per heavy atom. The van der Waals surface area contributed by atoms with Crippen LogP contribution in [0.4, 0.5) is 0 Å². The number of methoxy groups -OCH3 is 1. The summed E-state index contributed by atoms with van der Waals surface area (Å²) in [4.78, 5) is 0. The van der Waals surface area contributed by atoms with Crippen LogP contribution in [0.15, 0.2) is 6.07 Å². The molecule has 0 fully saturated rings. The van der Waals surface area contributed by atoms with E-state index in [9.17, 15) is 0 Å². The Bertz CT molecular complexity index is 369. The van der Waals surface area contributed by atoms with Crippen molar-refractivity contribution in [2.45, 2.75) is 20.3 Å². The summed E-state index contributed by atoms with van der Waals surface area (Å²) >= 11 is 10.3. The molecule has 0 heterocycles. The summed E-state index contributed by atoms with van der Waals surface area (Å²) in [6.45, 7) is 4.90. The van der Waals surface area contributed by atoms with E-state index >= 15 is 0 Å². The molecule has 0 radical (unpaired) electrons. The SMILES string of the molecule is COc1cc(C)c(Cl)c(C)c1CCNCS. The van der Waals surface area contributed by atoms with E-state index in [1.165, 1.54) is 5.56 Å². The van der Waals surface area contributed by atoms with Crippen LogP contribution >= 0.6 is 24.2 Å². The molecule has 0 unspecified atom stereocenters. The molecular weight excluding hydrogens is 242 g/mol. The van der Waals surface area contributed by atoms with E-state index < -0.39 is 0 Å². The van der Waals surface area contributed by atoms with Gasteiger partial charge < -0.3 is 10.1 Å². The average Bonchev–Trinajstić information content (AvgIpc) is 2.29. The van der Waals surface area contributed by atoms with Crippen LogP contribution in [-0.4, -0.2) is 19.5 Å². The third kappa shape index (κ3) is 3.06. The molecule has 0 aliphatic heterocycles. The lowest BCUT2D eigenvalue weighted by Gasteiger charge is -2.15. The van der Waals surface area contributed by atoms with Gasteiger partial charge in [0.05, 0.1) is 7.11 Å². The fraction of sp³-hybridized carbons (Fsp3) is 0.500. The zero-order valence-corrected chi connectivity index (χ0v) is 11.6. The second kappa shape index (κ2) is 6.38. The first-order valence-corrected chi connectivity index (χ1v) is 6.27. The van der Waals surface area contributed by atoms with E-state index in [0.717, 1.165) is 34.9 Å². The maximum absolute atomic E-state index is 6.23. The van der Waals surface area contributed by atoms with Gasteiger partial charge in [0.1, 0.15) is 5.75 Å². The van der Waals surface area contributed by atoms with Gasteiger partial charge >= 0.3 is 0 Å². The lowest BCUT2D eigenvalue weighted by Crippen LogP contribution is -2.16. The molecule has 0 spiro atoms. The molecule has 0 amide bonds. The minimum atomic E-state index is 0.682. The van der Waals surface area contributed by atoms with Crippen molar-refractivity contribution in [1.82, 2.24) is 5.32 Å². The maximum Gasteiger partial charge on any atom is 0.122 e. The third-order valence-corrected chi connectivity index (χ3v) is 3.46. The highest BCUT2D eigenvalue weighted by atomic mass is 35.5. The first-order chi connectivity index (χ1) is 7.61. The number of benzene rings is 1. The molecular formula is C12H18ClNOS. The Hall–Kier alpha value is -0.380. The summed E-state index contributed by atoms with van der Waals surface area (Å²) < 4.78 is 5.39. The van der Waals surface area contributed by atoms with Crippen LogP contribution in [0.5, 0.6) is 5.75 Å². The Balaban J connectivity index is 3.00. The van der Waals surface area contributed by atoms with E-state index in [2.05, 4.69) is 17.9 Å². The highest BCUT2D eigenvalue weighted by Crippen LogP contribution is 2.31. The number of hydrogen-bond acceptors (Lipinski definition) is 3. The summed E-state index contributed by atoms with van der Waals surface area (Å²) in [7, 11) is 1.69. The Morgan fingerprint density at radius 2 is 2.12 bits per heavy atom. The Labute approximate surface area is 108 Å². The van der Waals surface area contributed by atoms with Crippen LogP contribution in [0.1, 0.15) is 16.7 Å². The van der Waals surface area contributed by atoms with Crippen LogP contribution < -0.4 is 10.1 Å². The van der Waals surface area contributed by atoms with Crippen molar-refractivity contribution >= 4 is 24.2 Å². The fourth-order valence-corrected chi connectivity index (χ4v) is 2.07. The zero-order valence-electron chi connectivity index (χ0n) is 9.93. The quantitative estimate of drug-likeness (QED) is 0.482. The largest absolute Gasteiger partial charge is 0.496 e. The summed E-state index contributed by atoms with van der Waals surface area (Å²) in [6, 6.07) is 1.99. The number of nitrogens with one attached hydrogen (secondary N) is 1. The normalized spacial score (nSPS) is 10.6. The predicted molar refractivity (Wildman–Crippen MR) is 73.0 cm³/mol. The van der Waals surface area contributed by atoms with Gasteiger partial charge in [-0.25, -0.2) is 0 Å². The molecule has 0 saturated heterocycles. The van der Waals surface area contributed by atoms with Crippen molar-refractivity contribution in [1.29, 1.82) is 0 Å². The molecule has 0 aromatic heterocycles. The molecule has 4 heteroatoms. The highest BCUT2D eigenvalue weighted by Gasteiger charge is 2.11. The number of aryl methyl sites for hydroxylation is 1. The number of thiol groups is 1. The van der Waals surface area contributed by atoms with Crippen molar-refractivity contribution in [2.24, 2.45) is 0 Å². The predicted octanol–water partition coefficient (Wildman–Crippen LogP) is 2.98. The van der Waals surface area contributed by atoms with Gasteiger partial charge in [-0.1, -0.05) is 11.6 Å². The Kier molecular flexibility index (Phi) is 5.46. The van der Waals surface area contributed by atoms with E-state index in [1.807, 2.05) is 19.9 Å². The summed E-state index contributed by atoms with van der Waals surface area (Å²) in [5, 5.41) is 4.01. The van der Waals surface area contributed by atoms with Gasteiger partial charge in [-0.3, -0.25) is 0 Å². The first-order valence-electron chi connectivity index (χ1n) is 5.26. The van der Waals surface area contributed by atoms with Crippen LogP contribution in [0.3, 0.4) is 0 Å². The summed E-state index contributed by atoms with van der Waals surface area (Å²) in [5.41, 5.74) is 3.34. The fourth-order valence-electron chi connectivity index (χ4n) is 1.75. The smallest absolute Gasteiger partial charge is 0.122 e. The zero-order chi connectivity index (χ0) is 12.1. The number of ether oxygens (including phenoxy) is 1. The minimum absolute atomic E-state index is 0.682. The van der Waals surface area contributed by atoms with Gasteiger partial charge in [-0.15, -0.1) is 0 Å². The second-order valence-electron chi connectivity index (χ2n) is 3.72. The van der Waals surface area contributed by atoms with Gasteiger partial charge in [0.25, 0.3) is 0 Å². The lowest BCUT2D eigenvalue weighted by molar-refractivity contribution is 0.408. The van der Waals surface area contributed by atoms with Crippen molar-refractivity contribution in [3.63, 3.8) is 0 Å². The molecule has 1 aromatic rings. The number of hydrogen-bond donors (Lipinski definition) is 2. The van der Waals surface area contributed by atoms with Gasteiger partial charge in [0, 0.05) is 17.4 Å². The minimum Gasteiger partial charge on any atom is -0.496 e. The molecule has 0 aliphatic rings. The van der Waals surface area contributed by atoms with Gasteiger partial charge in [-0.05, 0) is 43.0 Å². The second-order valence-corrected chi connectivity index (χ2v) is 4.42. The number of halogens is 1. The van der Waals surface area contributed by atoms with Crippen LogP contribution in [0.25, 0.3) is 0 Å². The van der Waals surface area contributed by atoms with E-state index in [1.54, 1.807) is 7.11 Å². The molecule has 90 valence electrons. The van der Waals surface area contributed by atoms with E-state index in [-0.39, 0.29) is 0 Å². The molecule has 0 aliphatic carbocycles. The molecule has 0 saturated carbocycles. The monoisotopic (exact) mass is 259 g/mol. The molecule has 16 heavy (non-hydrogen) atoms. The van der Waals surface area contributed by atoms with E-state index in [0.29, 0.717) is 5.88 Å². The van der Waals surface area contributed by atoms with Crippen molar-refractivity contribution in [3.8, 4) is 5.75 Å². The van der Waals surface area contributed by atoms with Crippen LogP contribution in [-0.2, 0) is 6.42 Å². The van der Waals surface area contributed by atoms with Gasteiger partial charge in [0.15, 0.2) is 0 Å². The molecule has 0 atom stereocenters. The third-order valence-electron chi connectivity index (χ3n) is 2.66. The molecule has 0 bridgehead atoms. The number of rotatable bonds is 5. The van der Waals surface area contributed by atoms with Crippen molar-refractivity contribution in [2.75, 3.05) is 19.5 Å². The first kappa shape index (κ1) is 13.7. The molecule has 1 aromatic carbocycles. The van der Waals surface area contributed by atoms with Gasteiger partial charge in [0.2, 0.25) is 0 Å². The molecule has 2 nitrogen and oxygen atoms in total. The summed E-state index contributed by atoms with van der Waals surface area (Å²) in [6.07, 6.45) is 0.898. The average molecular weight is 260 g/mol. The van der Waals surface area contributed by atoms with Crippen LogP contribution in [0, 0.1) is 13.8 Å². The standard InChI is InChI=1S/C12H18ClNOS/c1-8-6-11(15-3)10(4-5-14-7-16)9(2)12(8)13/h6,14,16H,4-5,7H2,1-3H3. The molecule has 1 rings (SSSR count). The van der Waals surface area contributed by atoms with Crippen molar-refractivity contribution in [3.05, 3.63) is 27.8 Å².